The van der Waals surface area contributed by atoms with Crippen LogP contribution in [-0.4, -0.2) is 45.3 Å². The molecule has 1 aliphatic carbocycles. The number of ether oxygens (including phenoxy) is 2. The van der Waals surface area contributed by atoms with Crippen LogP contribution < -0.4 is 0 Å². The van der Waals surface area contributed by atoms with Gasteiger partial charge in [0.25, 0.3) is 15.8 Å². The minimum absolute atomic E-state index is 0.271. The number of hydrogen-bond donors (Lipinski definition) is 0. The molecule has 0 aromatic rings. The second-order valence-electron chi connectivity index (χ2n) is 6.18. The fourth-order valence-electron chi connectivity index (χ4n) is 2.30. The van der Waals surface area contributed by atoms with Crippen LogP contribution in [0, 0.1) is 0 Å². The van der Waals surface area contributed by atoms with Crippen molar-refractivity contribution in [1.29, 1.82) is 0 Å². The zero-order valence-corrected chi connectivity index (χ0v) is 14.2. The monoisotopic (exact) mass is 406 g/mol. The average molecular weight is 406 g/mol. The van der Waals surface area contributed by atoms with Crippen molar-refractivity contribution in [2.75, 3.05) is 19.8 Å². The van der Waals surface area contributed by atoms with Crippen LogP contribution in [0.4, 0.5) is 26.3 Å². The topological polar surface area (TPSA) is 52.6 Å². The van der Waals surface area contributed by atoms with Crippen molar-refractivity contribution in [3.8, 4) is 0 Å². The van der Waals surface area contributed by atoms with E-state index in [-0.39, 0.29) is 18.8 Å². The third-order valence-corrected chi connectivity index (χ3v) is 5.48. The maximum atomic E-state index is 13.9. The van der Waals surface area contributed by atoms with E-state index in [1.165, 1.54) is 0 Å². The van der Waals surface area contributed by atoms with Crippen molar-refractivity contribution in [3.05, 3.63) is 35.0 Å². The molecule has 1 saturated heterocycles. The maximum Gasteiger partial charge on any atom is 0.501 e. The van der Waals surface area contributed by atoms with Gasteiger partial charge in [-0.05, 0) is 24.1 Å². The lowest BCUT2D eigenvalue weighted by Gasteiger charge is -2.33. The number of halogens is 6. The van der Waals surface area contributed by atoms with Crippen LogP contribution in [0.3, 0.4) is 0 Å². The zero-order valence-electron chi connectivity index (χ0n) is 13.4. The van der Waals surface area contributed by atoms with Crippen LogP contribution in [0.25, 0.3) is 0 Å². The molecule has 0 N–H and O–H groups in total. The van der Waals surface area contributed by atoms with Gasteiger partial charge in [0.15, 0.2) is 5.67 Å². The summed E-state index contributed by atoms with van der Waals surface area (Å²) >= 11 is 0. The highest BCUT2D eigenvalue weighted by atomic mass is 32.2. The molecule has 148 valence electrons. The number of rotatable bonds is 4. The summed E-state index contributed by atoms with van der Waals surface area (Å²) in [4.78, 5) is -1.22. The molecule has 0 unspecified atom stereocenters. The normalized spacial score (nSPS) is 25.7. The number of hydrogen-bond acceptors (Lipinski definition) is 4. The van der Waals surface area contributed by atoms with Crippen LogP contribution in [0.5, 0.6) is 0 Å². The van der Waals surface area contributed by atoms with Crippen molar-refractivity contribution in [3.63, 3.8) is 0 Å². The quantitative estimate of drug-likeness (QED) is 0.667. The largest absolute Gasteiger partial charge is 0.501 e. The highest BCUT2D eigenvalue weighted by molar-refractivity contribution is 7.96. The first kappa shape index (κ1) is 20.8. The second-order valence-corrected chi connectivity index (χ2v) is 8.18. The van der Waals surface area contributed by atoms with Gasteiger partial charge in [-0.1, -0.05) is 6.58 Å². The van der Waals surface area contributed by atoms with Crippen LogP contribution in [0.2, 0.25) is 0 Å². The molecule has 0 saturated carbocycles. The van der Waals surface area contributed by atoms with Crippen LogP contribution in [-0.2, 0) is 19.3 Å². The van der Waals surface area contributed by atoms with Crippen molar-refractivity contribution < 1.29 is 44.2 Å². The summed E-state index contributed by atoms with van der Waals surface area (Å²) in [6.45, 7) is 2.26. The highest BCUT2D eigenvalue weighted by Gasteiger charge is 2.48. The Morgan fingerprint density at radius 1 is 1.19 bits per heavy atom. The number of sulfone groups is 1. The molecule has 0 aromatic carbocycles. The Morgan fingerprint density at radius 3 is 2.31 bits per heavy atom. The summed E-state index contributed by atoms with van der Waals surface area (Å²) in [6.07, 6.45) is -1.73. The molecular formula is C15H16F6O4S. The summed E-state index contributed by atoms with van der Waals surface area (Å²) in [5, 5.41) is 0. The Hall–Kier alpha value is -1.49. The fourth-order valence-corrected chi connectivity index (χ4v) is 3.22. The van der Waals surface area contributed by atoms with Crippen LogP contribution in [0.15, 0.2) is 35.0 Å². The van der Waals surface area contributed by atoms with Gasteiger partial charge in [-0.2, -0.15) is 13.2 Å². The van der Waals surface area contributed by atoms with Crippen molar-refractivity contribution in [2.24, 2.45) is 0 Å². The van der Waals surface area contributed by atoms with Gasteiger partial charge in [-0.15, -0.1) is 0 Å². The molecular weight excluding hydrogens is 390 g/mol. The molecule has 0 atom stereocenters. The summed E-state index contributed by atoms with van der Waals surface area (Å²) < 4.78 is 113. The van der Waals surface area contributed by atoms with Gasteiger partial charge in [0.1, 0.15) is 12.4 Å². The molecule has 2 aliphatic rings. The van der Waals surface area contributed by atoms with Gasteiger partial charge in [-0.3, -0.25) is 0 Å². The summed E-state index contributed by atoms with van der Waals surface area (Å²) in [5.41, 5.74) is -7.74. The second kappa shape index (κ2) is 6.91. The van der Waals surface area contributed by atoms with Crippen molar-refractivity contribution in [2.45, 2.75) is 36.4 Å². The molecule has 0 bridgehead atoms. The summed E-state index contributed by atoms with van der Waals surface area (Å²) in [7, 11) is -5.78. The lowest BCUT2D eigenvalue weighted by atomic mass is 10.0. The van der Waals surface area contributed by atoms with E-state index in [1.54, 1.807) is 0 Å². The molecule has 1 heterocycles. The number of allylic oxidation sites excluding steroid dienone is 4. The maximum absolute atomic E-state index is 13.9. The van der Waals surface area contributed by atoms with E-state index in [1.807, 2.05) is 0 Å². The molecule has 0 radical (unpaired) electrons. The summed E-state index contributed by atoms with van der Waals surface area (Å²) in [6, 6.07) is 0. The van der Waals surface area contributed by atoms with Gasteiger partial charge in [0, 0.05) is 12.8 Å². The first-order valence-corrected chi connectivity index (χ1v) is 8.92. The Kier molecular flexibility index (Phi) is 5.54. The molecule has 0 amide bonds. The first-order chi connectivity index (χ1) is 11.8. The standard InChI is InChI=1S/C15H16F6O4S/c1-10-6-14(17,18)5-4-11(26(22,23)15(19,20)21)2-3-12(10)25-9-13(16)7-24-8-13/h2-3H,1,4-9H2/b11-2+,12-3?. The van der Waals surface area contributed by atoms with E-state index in [0.717, 1.165) is 6.08 Å². The SMILES string of the molecule is C=C1CC(F)(F)CC/C(S(=O)(=O)C(F)(F)F)=C\C=C1OCC1(F)COC1. The van der Waals surface area contributed by atoms with Crippen LogP contribution in [0.1, 0.15) is 19.3 Å². The van der Waals surface area contributed by atoms with E-state index >= 15 is 0 Å². The minimum atomic E-state index is -5.78. The van der Waals surface area contributed by atoms with Gasteiger partial charge in [0.05, 0.1) is 18.1 Å². The highest BCUT2D eigenvalue weighted by Crippen LogP contribution is 2.38. The molecule has 0 spiro atoms. The van der Waals surface area contributed by atoms with Gasteiger partial charge in [0.2, 0.25) is 0 Å². The molecule has 0 aromatic heterocycles. The molecule has 1 aliphatic heterocycles. The third-order valence-electron chi connectivity index (χ3n) is 3.84. The van der Waals surface area contributed by atoms with Gasteiger partial charge >= 0.3 is 5.51 Å². The lowest BCUT2D eigenvalue weighted by molar-refractivity contribution is -0.153. The molecule has 2 rings (SSSR count). The van der Waals surface area contributed by atoms with E-state index in [9.17, 15) is 34.8 Å². The first-order valence-electron chi connectivity index (χ1n) is 7.43. The molecule has 4 nitrogen and oxygen atoms in total. The van der Waals surface area contributed by atoms with Gasteiger partial charge in [-0.25, -0.2) is 21.6 Å². The fraction of sp³-hybridized carbons (Fsp3) is 0.600. The van der Waals surface area contributed by atoms with E-state index < -0.39 is 63.5 Å². The smallest absolute Gasteiger partial charge is 0.490 e. The van der Waals surface area contributed by atoms with E-state index in [2.05, 4.69) is 11.3 Å². The minimum Gasteiger partial charge on any atom is -0.490 e. The Labute approximate surface area is 146 Å². The molecule has 1 fully saturated rings. The number of alkyl halides is 6. The van der Waals surface area contributed by atoms with Crippen molar-refractivity contribution in [1.82, 2.24) is 0 Å². The Bertz CT molecular complexity index is 732. The molecule has 26 heavy (non-hydrogen) atoms. The predicted molar refractivity (Wildman–Crippen MR) is 79.7 cm³/mol. The Morgan fingerprint density at radius 2 is 1.81 bits per heavy atom. The molecule has 11 heteroatoms. The third kappa shape index (κ3) is 4.61. The summed E-state index contributed by atoms with van der Waals surface area (Å²) in [5.74, 6) is -3.90. The lowest BCUT2D eigenvalue weighted by Crippen LogP contribution is -2.49. The van der Waals surface area contributed by atoms with E-state index in [0.29, 0.717) is 6.08 Å². The van der Waals surface area contributed by atoms with E-state index in [4.69, 9.17) is 4.74 Å². The average Bonchev–Trinajstić information content (AvgIpc) is 2.50. The van der Waals surface area contributed by atoms with Gasteiger partial charge < -0.3 is 9.47 Å². The predicted octanol–water partition coefficient (Wildman–Crippen LogP) is 3.82. The van der Waals surface area contributed by atoms with Crippen LogP contribution >= 0.6 is 0 Å². The van der Waals surface area contributed by atoms with Crippen molar-refractivity contribution >= 4 is 9.84 Å². The Balaban J connectivity index is 2.35. The zero-order chi connectivity index (χ0) is 19.8.